The minimum absolute atomic E-state index is 0.164. The molecule has 0 saturated heterocycles. The average molecular weight is 224 g/mol. The highest BCUT2D eigenvalue weighted by Gasteiger charge is 2.23. The average Bonchev–Trinajstić information content (AvgIpc) is 2.16. The van der Waals surface area contributed by atoms with Crippen molar-refractivity contribution in [2.24, 2.45) is 17.3 Å². The van der Waals surface area contributed by atoms with Crippen molar-refractivity contribution in [1.82, 2.24) is 0 Å². The molecule has 0 aromatic heterocycles. The van der Waals surface area contributed by atoms with Crippen molar-refractivity contribution in [2.75, 3.05) is 0 Å². The first-order valence-corrected chi connectivity index (χ1v) is 6.92. The van der Waals surface area contributed by atoms with E-state index >= 15 is 0 Å². The highest BCUT2D eigenvalue weighted by molar-refractivity contribution is 5.79. The van der Waals surface area contributed by atoms with Gasteiger partial charge in [0.2, 0.25) is 0 Å². The van der Waals surface area contributed by atoms with Gasteiger partial charge >= 0.3 is 0 Å². The summed E-state index contributed by atoms with van der Waals surface area (Å²) in [6, 6.07) is 0. The summed E-state index contributed by atoms with van der Waals surface area (Å²) < 4.78 is 0. The molecule has 0 heterocycles. The van der Waals surface area contributed by atoms with Crippen LogP contribution < -0.4 is 0 Å². The molecule has 16 heavy (non-hydrogen) atoms. The van der Waals surface area contributed by atoms with E-state index in [0.717, 1.165) is 18.8 Å². The maximum atomic E-state index is 11.9. The lowest BCUT2D eigenvalue weighted by atomic mass is 9.77. The highest BCUT2D eigenvalue weighted by Crippen LogP contribution is 2.33. The summed E-state index contributed by atoms with van der Waals surface area (Å²) in [5.74, 6) is 2.11. The second-order valence-electron chi connectivity index (χ2n) is 6.78. The molecule has 0 aromatic carbocycles. The topological polar surface area (TPSA) is 17.1 Å². The van der Waals surface area contributed by atoms with E-state index in [1.807, 2.05) is 0 Å². The minimum Gasteiger partial charge on any atom is -0.300 e. The normalized spacial score (nSPS) is 26.8. The highest BCUT2D eigenvalue weighted by atomic mass is 16.1. The predicted octanol–water partition coefficient (Wildman–Crippen LogP) is 4.60. The molecule has 1 heteroatoms. The van der Waals surface area contributed by atoms with Crippen LogP contribution in [0.25, 0.3) is 0 Å². The Hall–Kier alpha value is -0.330. The minimum atomic E-state index is 0.164. The fourth-order valence-electron chi connectivity index (χ4n) is 2.83. The van der Waals surface area contributed by atoms with Crippen molar-refractivity contribution < 1.29 is 4.79 Å². The van der Waals surface area contributed by atoms with Crippen LogP contribution in [0.1, 0.15) is 72.6 Å². The number of Topliss-reactive ketones (excluding diaryl/α,β-unsaturated/α-hetero) is 1. The van der Waals surface area contributed by atoms with Gasteiger partial charge in [-0.2, -0.15) is 0 Å². The fourth-order valence-corrected chi connectivity index (χ4v) is 2.83. The third kappa shape index (κ3) is 5.14. The Morgan fingerprint density at radius 2 is 1.56 bits per heavy atom. The van der Waals surface area contributed by atoms with Gasteiger partial charge in [-0.3, -0.25) is 4.79 Å². The molecule has 0 atom stereocenters. The monoisotopic (exact) mass is 224 g/mol. The second-order valence-corrected chi connectivity index (χ2v) is 6.78. The van der Waals surface area contributed by atoms with Crippen molar-refractivity contribution in [2.45, 2.75) is 72.6 Å². The summed E-state index contributed by atoms with van der Waals surface area (Å²) >= 11 is 0. The molecule has 0 aromatic rings. The SMILES string of the molecule is CCC1CCC(CC(=O)CC(C)(C)C)CC1. The second kappa shape index (κ2) is 5.84. The van der Waals surface area contributed by atoms with Crippen LogP contribution >= 0.6 is 0 Å². The zero-order valence-corrected chi connectivity index (χ0v) is 11.5. The van der Waals surface area contributed by atoms with E-state index in [-0.39, 0.29) is 5.41 Å². The third-order valence-corrected chi connectivity index (χ3v) is 3.79. The van der Waals surface area contributed by atoms with E-state index < -0.39 is 0 Å². The molecule has 0 unspecified atom stereocenters. The van der Waals surface area contributed by atoms with Crippen LogP contribution in [-0.4, -0.2) is 5.78 Å². The first kappa shape index (κ1) is 13.7. The Labute approximate surface area is 101 Å². The molecular weight excluding hydrogens is 196 g/mol. The van der Waals surface area contributed by atoms with Gasteiger partial charge in [-0.15, -0.1) is 0 Å². The van der Waals surface area contributed by atoms with E-state index in [9.17, 15) is 4.79 Å². The van der Waals surface area contributed by atoms with Crippen LogP contribution in [0.5, 0.6) is 0 Å². The van der Waals surface area contributed by atoms with Gasteiger partial charge in [0.25, 0.3) is 0 Å². The molecule has 1 nitrogen and oxygen atoms in total. The molecule has 0 amide bonds. The van der Waals surface area contributed by atoms with E-state index in [1.54, 1.807) is 0 Å². The predicted molar refractivity (Wildman–Crippen MR) is 69.4 cm³/mol. The van der Waals surface area contributed by atoms with Gasteiger partial charge in [0.15, 0.2) is 0 Å². The molecule has 1 rings (SSSR count). The van der Waals surface area contributed by atoms with Crippen LogP contribution in [0.15, 0.2) is 0 Å². The van der Waals surface area contributed by atoms with Gasteiger partial charge in [0.1, 0.15) is 5.78 Å². The van der Waals surface area contributed by atoms with E-state index in [4.69, 9.17) is 0 Å². The lowest BCUT2D eigenvalue weighted by molar-refractivity contribution is -0.121. The van der Waals surface area contributed by atoms with Gasteiger partial charge in [-0.1, -0.05) is 47.0 Å². The van der Waals surface area contributed by atoms with Crippen LogP contribution in [0.3, 0.4) is 0 Å². The molecular formula is C15H28O. The number of hydrogen-bond acceptors (Lipinski definition) is 1. The Morgan fingerprint density at radius 3 is 2.00 bits per heavy atom. The Balaban J connectivity index is 2.26. The van der Waals surface area contributed by atoms with Crippen molar-refractivity contribution in [3.8, 4) is 0 Å². The van der Waals surface area contributed by atoms with Crippen molar-refractivity contribution in [1.29, 1.82) is 0 Å². The van der Waals surface area contributed by atoms with Crippen LogP contribution in [-0.2, 0) is 4.79 Å². The van der Waals surface area contributed by atoms with Crippen LogP contribution in [0.4, 0.5) is 0 Å². The summed E-state index contributed by atoms with van der Waals surface area (Å²) in [6.45, 7) is 8.74. The third-order valence-electron chi connectivity index (χ3n) is 3.79. The smallest absolute Gasteiger partial charge is 0.133 e. The maximum Gasteiger partial charge on any atom is 0.133 e. The van der Waals surface area contributed by atoms with Crippen LogP contribution in [0.2, 0.25) is 0 Å². The summed E-state index contributed by atoms with van der Waals surface area (Å²) in [4.78, 5) is 11.9. The molecule has 1 aliphatic carbocycles. The molecule has 0 N–H and O–H groups in total. The number of ketones is 1. The van der Waals surface area contributed by atoms with Crippen molar-refractivity contribution in [3.63, 3.8) is 0 Å². The zero-order chi connectivity index (χ0) is 12.2. The molecule has 0 aliphatic heterocycles. The lowest BCUT2D eigenvalue weighted by Gasteiger charge is -2.28. The van der Waals surface area contributed by atoms with E-state index in [1.165, 1.54) is 32.1 Å². The maximum absolute atomic E-state index is 11.9. The van der Waals surface area contributed by atoms with Gasteiger partial charge in [0.05, 0.1) is 0 Å². The van der Waals surface area contributed by atoms with E-state index in [2.05, 4.69) is 27.7 Å². The molecule has 0 radical (unpaired) electrons. The Morgan fingerprint density at radius 1 is 1.06 bits per heavy atom. The first-order valence-electron chi connectivity index (χ1n) is 6.92. The summed E-state index contributed by atoms with van der Waals surface area (Å²) in [5, 5.41) is 0. The van der Waals surface area contributed by atoms with Gasteiger partial charge in [-0.05, 0) is 30.1 Å². The number of rotatable bonds is 4. The Bertz CT molecular complexity index is 216. The standard InChI is InChI=1S/C15H28O/c1-5-12-6-8-13(9-7-12)10-14(16)11-15(2,3)4/h12-13H,5-11H2,1-4H3. The number of hydrogen-bond donors (Lipinski definition) is 0. The van der Waals surface area contributed by atoms with Crippen molar-refractivity contribution in [3.05, 3.63) is 0 Å². The quantitative estimate of drug-likeness (QED) is 0.682. The summed E-state index contributed by atoms with van der Waals surface area (Å²) in [5.41, 5.74) is 0.164. The summed E-state index contributed by atoms with van der Waals surface area (Å²) in [6.07, 6.45) is 8.19. The number of carbonyl (C=O) groups is 1. The molecule has 94 valence electrons. The largest absolute Gasteiger partial charge is 0.300 e. The summed E-state index contributed by atoms with van der Waals surface area (Å²) in [7, 11) is 0. The Kier molecular flexibility index (Phi) is 5.01. The fraction of sp³-hybridized carbons (Fsp3) is 0.933. The van der Waals surface area contributed by atoms with Crippen LogP contribution in [0, 0.1) is 17.3 Å². The molecule has 0 bridgehead atoms. The molecule has 1 saturated carbocycles. The molecule has 0 spiro atoms. The van der Waals surface area contributed by atoms with Crippen molar-refractivity contribution >= 4 is 5.78 Å². The van der Waals surface area contributed by atoms with Gasteiger partial charge in [-0.25, -0.2) is 0 Å². The van der Waals surface area contributed by atoms with E-state index in [0.29, 0.717) is 11.7 Å². The van der Waals surface area contributed by atoms with Gasteiger partial charge in [0, 0.05) is 12.8 Å². The zero-order valence-electron chi connectivity index (χ0n) is 11.5. The van der Waals surface area contributed by atoms with Gasteiger partial charge < -0.3 is 0 Å². The number of carbonyl (C=O) groups excluding carboxylic acids is 1. The molecule has 1 fully saturated rings. The first-order chi connectivity index (χ1) is 7.40. The molecule has 1 aliphatic rings. The lowest BCUT2D eigenvalue weighted by Crippen LogP contribution is -2.20.